The molecule has 0 amide bonds. The van der Waals surface area contributed by atoms with E-state index in [0.29, 0.717) is 0 Å². The fourth-order valence-corrected chi connectivity index (χ4v) is 2.88. The number of hydrogen-bond acceptors (Lipinski definition) is 2. The quantitative estimate of drug-likeness (QED) is 0.285. The molecule has 0 N–H and O–H groups in total. The van der Waals surface area contributed by atoms with E-state index in [1.165, 1.54) is 0 Å². The highest BCUT2D eigenvalue weighted by Gasteiger charge is 2.95. The smallest absolute Gasteiger partial charge is 0.229 e. The molecule has 0 bridgehead atoms. The molecule has 0 rings (SSSR count). The van der Waals surface area contributed by atoms with Crippen LogP contribution in [0.3, 0.4) is 0 Å². The monoisotopic (exact) mass is 554 g/mol. The number of rotatable bonds is 11. The Bertz CT molecular complexity index is 796. The van der Waals surface area contributed by atoms with Gasteiger partial charge >= 0.3 is 47.6 Å². The number of alkyl halides is 17. The molecular weight excluding hydrogens is 543 g/mol. The molecule has 0 aromatic rings. The van der Waals surface area contributed by atoms with Gasteiger partial charge in [-0.25, -0.2) is 8.42 Å². The van der Waals surface area contributed by atoms with Crippen molar-refractivity contribution in [3.8, 4) is 0 Å². The van der Waals surface area contributed by atoms with Crippen LogP contribution in [-0.2, 0) is 9.84 Å². The molecule has 0 aliphatic rings. The van der Waals surface area contributed by atoms with Crippen LogP contribution >= 0.6 is 0 Å². The van der Waals surface area contributed by atoms with Crippen LogP contribution in [-0.4, -0.2) is 67.6 Å². The summed E-state index contributed by atoms with van der Waals surface area (Å²) in [7, 11) is -4.25. The van der Waals surface area contributed by atoms with Crippen LogP contribution in [0.25, 0.3) is 0 Å². The first kappa shape index (κ1) is 31.8. The maximum absolute atomic E-state index is 13.5. The summed E-state index contributed by atoms with van der Waals surface area (Å²) < 4.78 is 243. The van der Waals surface area contributed by atoms with E-state index >= 15 is 0 Å². The molecule has 0 aromatic heterocycles. The fraction of sp³-hybridized carbons (Fsp3) is 1.00. The Morgan fingerprint density at radius 1 is 0.515 bits per heavy atom. The molecule has 200 valence electrons. The predicted molar refractivity (Wildman–Crippen MR) is 74.2 cm³/mol. The van der Waals surface area contributed by atoms with Crippen LogP contribution in [0.4, 0.5) is 74.6 Å². The maximum atomic E-state index is 13.5. The first-order chi connectivity index (χ1) is 14.0. The molecule has 0 aliphatic carbocycles. The van der Waals surface area contributed by atoms with E-state index in [-0.39, 0.29) is 0 Å². The lowest BCUT2D eigenvalue weighted by atomic mass is 9.88. The molecule has 0 spiro atoms. The first-order valence-corrected chi connectivity index (χ1v) is 9.76. The zero-order valence-electron chi connectivity index (χ0n) is 15.5. The molecule has 0 radical (unpaired) electrons. The van der Waals surface area contributed by atoms with Crippen molar-refractivity contribution in [3.63, 3.8) is 0 Å². The molecule has 0 saturated heterocycles. The van der Waals surface area contributed by atoms with Gasteiger partial charge in [0.15, 0.2) is 0 Å². The van der Waals surface area contributed by atoms with Gasteiger partial charge in [0.1, 0.15) is 9.84 Å². The van der Waals surface area contributed by atoms with Gasteiger partial charge in [-0.05, 0) is 6.42 Å². The Kier molecular flexibility index (Phi) is 8.14. The molecule has 0 unspecified atom stereocenters. The lowest BCUT2D eigenvalue weighted by molar-refractivity contribution is -0.461. The van der Waals surface area contributed by atoms with Crippen LogP contribution in [0.5, 0.6) is 0 Å². The third-order valence-corrected chi connectivity index (χ3v) is 5.96. The van der Waals surface area contributed by atoms with E-state index in [1.54, 1.807) is 0 Å². The Morgan fingerprint density at radius 3 is 1.12 bits per heavy atom. The summed E-state index contributed by atoms with van der Waals surface area (Å²) in [4.78, 5) is 0. The summed E-state index contributed by atoms with van der Waals surface area (Å²) in [6.07, 6.45) is -12.2. The van der Waals surface area contributed by atoms with Crippen molar-refractivity contribution in [2.24, 2.45) is 0 Å². The second-order valence-corrected chi connectivity index (χ2v) is 8.96. The lowest BCUT2D eigenvalue weighted by Crippen LogP contribution is -2.74. The van der Waals surface area contributed by atoms with Gasteiger partial charge in [-0.1, -0.05) is 6.92 Å². The van der Waals surface area contributed by atoms with Gasteiger partial charge in [-0.3, -0.25) is 0 Å². The summed E-state index contributed by atoms with van der Waals surface area (Å²) in [5, 5.41) is 0. The zero-order chi connectivity index (χ0) is 27.3. The summed E-state index contributed by atoms with van der Waals surface area (Å²) in [5.74, 6) is -59.0. The van der Waals surface area contributed by atoms with Crippen molar-refractivity contribution in [1.82, 2.24) is 0 Å². The SMILES string of the molecule is CCS(=O)(=O)CCCC(F)(F)C(F)(F)C(F)(F)C(F)(F)C(F)(F)C(F)(F)C(F)(F)C(F)(F)F. The molecule has 0 aliphatic heterocycles. The Hall–Kier alpha value is -1.24. The largest absolute Gasteiger partial charge is 0.460 e. The van der Waals surface area contributed by atoms with Crippen molar-refractivity contribution < 1.29 is 83.1 Å². The van der Waals surface area contributed by atoms with Crippen LogP contribution in [0, 0.1) is 0 Å². The van der Waals surface area contributed by atoms with Crippen molar-refractivity contribution in [3.05, 3.63) is 0 Å². The maximum Gasteiger partial charge on any atom is 0.460 e. The average molecular weight is 554 g/mol. The van der Waals surface area contributed by atoms with E-state index in [4.69, 9.17) is 0 Å². The van der Waals surface area contributed by atoms with Crippen molar-refractivity contribution in [1.29, 1.82) is 0 Å². The van der Waals surface area contributed by atoms with Gasteiger partial charge < -0.3 is 0 Å². The summed E-state index contributed by atoms with van der Waals surface area (Å²) in [6, 6.07) is 0. The lowest BCUT2D eigenvalue weighted by Gasteiger charge is -2.42. The van der Waals surface area contributed by atoms with E-state index in [9.17, 15) is 83.1 Å². The second kappa shape index (κ2) is 8.46. The molecule has 2 nitrogen and oxygen atoms in total. The summed E-state index contributed by atoms with van der Waals surface area (Å²) in [5.41, 5.74) is 0. The van der Waals surface area contributed by atoms with Gasteiger partial charge in [-0.2, -0.15) is 74.6 Å². The number of sulfone groups is 1. The molecule has 0 aromatic carbocycles. The highest BCUT2D eigenvalue weighted by atomic mass is 32.2. The second-order valence-electron chi connectivity index (χ2n) is 6.49. The van der Waals surface area contributed by atoms with Crippen LogP contribution in [0.15, 0.2) is 0 Å². The number of hydrogen-bond donors (Lipinski definition) is 0. The third-order valence-electron chi connectivity index (χ3n) is 4.17. The molecule has 33 heavy (non-hydrogen) atoms. The molecule has 20 heteroatoms. The summed E-state index contributed by atoms with van der Waals surface area (Å²) >= 11 is 0. The van der Waals surface area contributed by atoms with Crippen molar-refractivity contribution in [2.75, 3.05) is 11.5 Å². The zero-order valence-corrected chi connectivity index (χ0v) is 16.3. The summed E-state index contributed by atoms with van der Waals surface area (Å²) in [6.45, 7) is 0.899. The Morgan fingerprint density at radius 2 is 0.818 bits per heavy atom. The van der Waals surface area contributed by atoms with Crippen molar-refractivity contribution >= 4 is 9.84 Å². The highest BCUT2D eigenvalue weighted by Crippen LogP contribution is 2.64. The van der Waals surface area contributed by atoms with Gasteiger partial charge in [0.25, 0.3) is 0 Å². The van der Waals surface area contributed by atoms with Gasteiger partial charge in [0, 0.05) is 12.2 Å². The van der Waals surface area contributed by atoms with E-state index < -0.39 is 81.8 Å². The van der Waals surface area contributed by atoms with E-state index in [1.807, 2.05) is 0 Å². The molecular formula is C13H11F17O2S. The Balaban J connectivity index is 6.42. The number of halogens is 17. The minimum Gasteiger partial charge on any atom is -0.229 e. The van der Waals surface area contributed by atoms with E-state index in [2.05, 4.69) is 0 Å². The van der Waals surface area contributed by atoms with Crippen LogP contribution < -0.4 is 0 Å². The minimum absolute atomic E-state index is 0.808. The van der Waals surface area contributed by atoms with Gasteiger partial charge in [0.2, 0.25) is 0 Å². The van der Waals surface area contributed by atoms with E-state index in [0.717, 1.165) is 6.92 Å². The molecule has 0 saturated carbocycles. The normalized spacial score (nSPS) is 16.3. The average Bonchev–Trinajstić information content (AvgIpc) is 2.59. The fourth-order valence-electron chi connectivity index (χ4n) is 2.01. The molecule has 0 heterocycles. The van der Waals surface area contributed by atoms with Crippen LogP contribution in [0.2, 0.25) is 0 Å². The predicted octanol–water partition coefficient (Wildman–Crippen LogP) is 6.21. The highest BCUT2D eigenvalue weighted by molar-refractivity contribution is 7.91. The minimum atomic E-state index is -8.67. The van der Waals surface area contributed by atoms with Crippen LogP contribution in [0.1, 0.15) is 19.8 Å². The van der Waals surface area contributed by atoms with Gasteiger partial charge in [0.05, 0.1) is 5.75 Å². The molecule has 0 fully saturated rings. The molecule has 0 atom stereocenters. The topological polar surface area (TPSA) is 34.1 Å². The van der Waals surface area contributed by atoms with Gasteiger partial charge in [-0.15, -0.1) is 0 Å². The first-order valence-electron chi connectivity index (χ1n) is 7.93. The Labute approximate surface area is 173 Å². The third kappa shape index (κ3) is 4.81. The van der Waals surface area contributed by atoms with Crippen molar-refractivity contribution in [2.45, 2.75) is 67.4 Å². The standard InChI is InChI=1S/C13H11F17O2S/c1-2-33(31,32)5-3-4-6(14,15)7(16,17)8(18,19)9(20,21)10(22,23)11(24,25)12(26,27)13(28,29)30/h2-5H2,1H3.